The van der Waals surface area contributed by atoms with Gasteiger partial charge in [0.15, 0.2) is 0 Å². The number of hydrogen-bond acceptors (Lipinski definition) is 3. The summed E-state index contributed by atoms with van der Waals surface area (Å²) < 4.78 is 5.69. The maximum atomic E-state index is 10.8. The number of aliphatic imine (C=N–C) groups is 1. The molecule has 0 bridgehead atoms. The third kappa shape index (κ3) is 4.87. The number of rotatable bonds is 8. The van der Waals surface area contributed by atoms with E-state index in [1.807, 2.05) is 19.3 Å². The minimum Gasteiger partial charge on any atom is -0.507 e. The van der Waals surface area contributed by atoms with E-state index >= 15 is 0 Å². The van der Waals surface area contributed by atoms with Crippen molar-refractivity contribution in [2.24, 2.45) is 10.9 Å². The van der Waals surface area contributed by atoms with E-state index in [9.17, 15) is 5.11 Å². The molecule has 3 nitrogen and oxygen atoms in total. The Morgan fingerprint density at radius 1 is 1.28 bits per heavy atom. The van der Waals surface area contributed by atoms with Gasteiger partial charge in [-0.05, 0) is 54.9 Å². The molecule has 0 saturated carbocycles. The maximum Gasteiger partial charge on any atom is 0.126 e. The predicted molar refractivity (Wildman–Crippen MR) is 106 cm³/mol. The second-order valence-corrected chi connectivity index (χ2v) is 7.05. The minimum absolute atomic E-state index is 0.186. The summed E-state index contributed by atoms with van der Waals surface area (Å²) in [6.07, 6.45) is 12.1. The maximum absolute atomic E-state index is 10.8. The van der Waals surface area contributed by atoms with Gasteiger partial charge in [-0.2, -0.15) is 0 Å². The van der Waals surface area contributed by atoms with E-state index in [4.69, 9.17) is 4.74 Å². The van der Waals surface area contributed by atoms with Crippen LogP contribution in [0.25, 0.3) is 0 Å². The molecular formula is C22H33NO2. The molecule has 0 saturated heterocycles. The molecule has 138 valence electrons. The Morgan fingerprint density at radius 3 is 2.72 bits per heavy atom. The number of unbranched alkanes of at least 4 members (excludes halogenated alkanes) is 2. The summed E-state index contributed by atoms with van der Waals surface area (Å²) in [5, 5.41) is 10.8. The fraction of sp³-hybridized carbons (Fsp3) is 0.591. The number of aryl methyl sites for hydroxylation is 1. The quantitative estimate of drug-likeness (QED) is 0.488. The second-order valence-electron chi connectivity index (χ2n) is 7.05. The lowest BCUT2D eigenvalue weighted by Crippen LogP contribution is -2.17. The van der Waals surface area contributed by atoms with Gasteiger partial charge in [-0.1, -0.05) is 39.2 Å². The number of hydrogen-bond donors (Lipinski definition) is 1. The van der Waals surface area contributed by atoms with Crippen molar-refractivity contribution in [3.8, 4) is 11.5 Å². The van der Waals surface area contributed by atoms with Crippen LogP contribution >= 0.6 is 0 Å². The van der Waals surface area contributed by atoms with Gasteiger partial charge in [0.1, 0.15) is 11.5 Å². The van der Waals surface area contributed by atoms with Gasteiger partial charge < -0.3 is 9.84 Å². The van der Waals surface area contributed by atoms with Crippen molar-refractivity contribution in [1.29, 1.82) is 0 Å². The fourth-order valence-electron chi connectivity index (χ4n) is 3.93. The number of nitrogens with zero attached hydrogens (tertiary/aromatic N) is 1. The lowest BCUT2D eigenvalue weighted by molar-refractivity contribution is 0.363. The van der Waals surface area contributed by atoms with Crippen molar-refractivity contribution in [1.82, 2.24) is 0 Å². The first-order chi connectivity index (χ1) is 12.1. The van der Waals surface area contributed by atoms with Crippen LogP contribution in [0.3, 0.4) is 0 Å². The highest BCUT2D eigenvalue weighted by Crippen LogP contribution is 2.45. The largest absolute Gasteiger partial charge is 0.507 e. The highest BCUT2D eigenvalue weighted by molar-refractivity contribution is 5.79. The summed E-state index contributed by atoms with van der Waals surface area (Å²) in [5.41, 5.74) is 3.36. The summed E-state index contributed by atoms with van der Waals surface area (Å²) in [7, 11) is 3.51. The van der Waals surface area contributed by atoms with Crippen molar-refractivity contribution in [3.63, 3.8) is 0 Å². The summed E-state index contributed by atoms with van der Waals surface area (Å²) in [5.74, 6) is 1.91. The average Bonchev–Trinajstić information content (AvgIpc) is 2.61. The van der Waals surface area contributed by atoms with Crippen LogP contribution in [0.1, 0.15) is 69.4 Å². The Balaban J connectivity index is 2.39. The van der Waals surface area contributed by atoms with Gasteiger partial charge >= 0.3 is 0 Å². The molecule has 1 aliphatic carbocycles. The Kier molecular flexibility index (Phi) is 7.54. The van der Waals surface area contributed by atoms with E-state index < -0.39 is 0 Å². The SMILES string of the molecule is CCCCCc1cc(O)c(C2C=C(C=NC)CCC2CC)c(OC)c1. The van der Waals surface area contributed by atoms with Gasteiger partial charge in [-0.3, -0.25) is 4.99 Å². The van der Waals surface area contributed by atoms with Crippen LogP contribution in [0.2, 0.25) is 0 Å². The van der Waals surface area contributed by atoms with Crippen molar-refractivity contribution in [3.05, 3.63) is 34.9 Å². The number of phenols is 1. The average molecular weight is 344 g/mol. The van der Waals surface area contributed by atoms with E-state index in [1.165, 1.54) is 18.4 Å². The van der Waals surface area contributed by atoms with Gasteiger partial charge in [-0.25, -0.2) is 0 Å². The van der Waals surface area contributed by atoms with Gasteiger partial charge in [0.05, 0.1) is 7.11 Å². The van der Waals surface area contributed by atoms with Gasteiger partial charge in [0, 0.05) is 24.7 Å². The van der Waals surface area contributed by atoms with Crippen molar-refractivity contribution < 1.29 is 9.84 Å². The summed E-state index contributed by atoms with van der Waals surface area (Å²) >= 11 is 0. The summed E-state index contributed by atoms with van der Waals surface area (Å²) in [4.78, 5) is 4.17. The van der Waals surface area contributed by atoms with Crippen molar-refractivity contribution in [2.45, 2.75) is 64.7 Å². The zero-order chi connectivity index (χ0) is 18.2. The molecule has 0 heterocycles. The Morgan fingerprint density at radius 2 is 2.08 bits per heavy atom. The molecule has 2 rings (SSSR count). The first-order valence-electron chi connectivity index (χ1n) is 9.67. The molecule has 0 fully saturated rings. The zero-order valence-electron chi connectivity index (χ0n) is 16.2. The van der Waals surface area contributed by atoms with Gasteiger partial charge in [-0.15, -0.1) is 0 Å². The van der Waals surface area contributed by atoms with Crippen molar-refractivity contribution >= 4 is 6.21 Å². The van der Waals surface area contributed by atoms with E-state index in [1.54, 1.807) is 7.11 Å². The molecular weight excluding hydrogens is 310 g/mol. The third-order valence-electron chi connectivity index (χ3n) is 5.33. The minimum atomic E-state index is 0.186. The molecule has 1 aromatic carbocycles. The van der Waals surface area contributed by atoms with Gasteiger partial charge in [0.25, 0.3) is 0 Å². The standard InChI is InChI=1S/C22H33NO2/c1-5-7-8-9-16-13-20(24)22(21(14-16)25-4)19-12-17(15-23-3)10-11-18(19)6-2/h12-15,18-19,24H,5-11H2,1-4H3. The van der Waals surface area contributed by atoms with E-state index in [0.29, 0.717) is 11.7 Å². The monoisotopic (exact) mass is 343 g/mol. The Hall–Kier alpha value is -1.77. The zero-order valence-corrected chi connectivity index (χ0v) is 16.2. The number of ether oxygens (including phenoxy) is 1. The molecule has 3 heteroatoms. The Bertz CT molecular complexity index is 619. The molecule has 0 amide bonds. The van der Waals surface area contributed by atoms with Crippen LogP contribution in [-0.4, -0.2) is 25.5 Å². The number of aromatic hydroxyl groups is 1. The van der Waals surface area contributed by atoms with Crippen LogP contribution in [0.4, 0.5) is 0 Å². The van der Waals surface area contributed by atoms with Gasteiger partial charge in [0.2, 0.25) is 0 Å². The van der Waals surface area contributed by atoms with Crippen LogP contribution in [-0.2, 0) is 6.42 Å². The molecule has 1 aromatic rings. The number of methoxy groups -OCH3 is 1. The normalized spacial score (nSPS) is 20.7. The lowest BCUT2D eigenvalue weighted by Gasteiger charge is -2.31. The molecule has 1 aliphatic rings. The van der Waals surface area contributed by atoms with Crippen LogP contribution in [0.5, 0.6) is 11.5 Å². The number of allylic oxidation sites excluding steroid dienone is 2. The highest BCUT2D eigenvalue weighted by Gasteiger charge is 2.29. The molecule has 1 N–H and O–H groups in total. The molecule has 0 radical (unpaired) electrons. The fourth-order valence-corrected chi connectivity index (χ4v) is 3.93. The first kappa shape index (κ1) is 19.6. The topological polar surface area (TPSA) is 41.8 Å². The Labute approximate surface area is 152 Å². The molecule has 0 spiro atoms. The van der Waals surface area contributed by atoms with E-state index in [0.717, 1.165) is 49.0 Å². The molecule has 25 heavy (non-hydrogen) atoms. The summed E-state index contributed by atoms with van der Waals surface area (Å²) in [6.45, 7) is 4.44. The first-order valence-corrected chi connectivity index (χ1v) is 9.67. The van der Waals surface area contributed by atoms with Crippen molar-refractivity contribution in [2.75, 3.05) is 14.2 Å². The van der Waals surface area contributed by atoms with Crippen LogP contribution in [0.15, 0.2) is 28.8 Å². The molecule has 0 aliphatic heterocycles. The van der Waals surface area contributed by atoms with E-state index in [-0.39, 0.29) is 5.92 Å². The smallest absolute Gasteiger partial charge is 0.126 e. The molecule has 2 atom stereocenters. The third-order valence-corrected chi connectivity index (χ3v) is 5.33. The number of phenolic OH excluding ortho intramolecular Hbond substituents is 1. The summed E-state index contributed by atoms with van der Waals surface area (Å²) in [6, 6.07) is 4.06. The second kappa shape index (κ2) is 9.65. The lowest BCUT2D eigenvalue weighted by atomic mass is 9.75. The predicted octanol–water partition coefficient (Wildman–Crippen LogP) is 5.66. The highest BCUT2D eigenvalue weighted by atomic mass is 16.5. The van der Waals surface area contributed by atoms with Crippen LogP contribution < -0.4 is 4.74 Å². The van der Waals surface area contributed by atoms with Crippen LogP contribution in [0, 0.1) is 5.92 Å². The molecule has 2 unspecified atom stereocenters. The van der Waals surface area contributed by atoms with E-state index in [2.05, 4.69) is 31.0 Å². The number of benzene rings is 1. The molecule has 0 aromatic heterocycles.